The second-order valence-electron chi connectivity index (χ2n) is 5.27. The monoisotopic (exact) mass is 284 g/mol. The van der Waals surface area contributed by atoms with Crippen LogP contribution in [0.1, 0.15) is 23.0 Å². The number of hydrogen-bond donors (Lipinski definition) is 0. The van der Waals surface area contributed by atoms with E-state index in [0.29, 0.717) is 19.8 Å². The van der Waals surface area contributed by atoms with Gasteiger partial charge in [-0.3, -0.25) is 0 Å². The molecule has 110 valence electrons. The minimum Gasteiger partial charge on any atom is -0.369 e. The maximum atomic E-state index is 5.88. The number of hydrogen-bond acceptors (Lipinski definition) is 3. The molecule has 3 nitrogen and oxygen atoms in total. The van der Waals surface area contributed by atoms with Crippen molar-refractivity contribution in [3.8, 4) is 0 Å². The molecule has 1 heterocycles. The fourth-order valence-electron chi connectivity index (χ4n) is 2.36. The molecule has 1 fully saturated rings. The number of rotatable bonds is 4. The van der Waals surface area contributed by atoms with E-state index in [1.165, 1.54) is 11.1 Å². The van der Waals surface area contributed by atoms with Gasteiger partial charge in [-0.2, -0.15) is 0 Å². The Morgan fingerprint density at radius 2 is 1.62 bits per heavy atom. The van der Waals surface area contributed by atoms with Crippen molar-refractivity contribution in [2.24, 2.45) is 0 Å². The Morgan fingerprint density at radius 1 is 0.952 bits per heavy atom. The molecule has 0 radical (unpaired) electrons. The number of aryl methyl sites for hydroxylation is 1. The molecule has 1 saturated heterocycles. The second kappa shape index (κ2) is 6.85. The molecule has 3 heteroatoms. The van der Waals surface area contributed by atoms with E-state index in [4.69, 9.17) is 14.2 Å². The molecular formula is C18H20O3. The van der Waals surface area contributed by atoms with Crippen molar-refractivity contribution in [2.45, 2.75) is 25.9 Å². The van der Waals surface area contributed by atoms with E-state index in [0.717, 1.165) is 5.56 Å². The van der Waals surface area contributed by atoms with E-state index in [9.17, 15) is 0 Å². The van der Waals surface area contributed by atoms with Gasteiger partial charge in [0.05, 0.1) is 19.8 Å². The number of benzene rings is 2. The maximum absolute atomic E-state index is 5.88. The zero-order valence-electron chi connectivity index (χ0n) is 12.2. The quantitative estimate of drug-likeness (QED) is 0.858. The molecule has 21 heavy (non-hydrogen) atoms. The molecule has 1 aliphatic heterocycles. The van der Waals surface area contributed by atoms with E-state index < -0.39 is 0 Å². The summed E-state index contributed by atoms with van der Waals surface area (Å²) < 4.78 is 17.4. The van der Waals surface area contributed by atoms with Gasteiger partial charge < -0.3 is 14.2 Å². The van der Waals surface area contributed by atoms with E-state index >= 15 is 0 Å². The molecule has 0 spiro atoms. The third kappa shape index (κ3) is 3.70. The Morgan fingerprint density at radius 3 is 2.33 bits per heavy atom. The molecule has 0 aliphatic carbocycles. The highest BCUT2D eigenvalue weighted by molar-refractivity contribution is 5.24. The molecule has 0 unspecified atom stereocenters. The number of ether oxygens (including phenoxy) is 3. The van der Waals surface area contributed by atoms with Crippen molar-refractivity contribution in [1.82, 2.24) is 0 Å². The van der Waals surface area contributed by atoms with Gasteiger partial charge in [0.1, 0.15) is 6.10 Å². The molecule has 0 N–H and O–H groups in total. The lowest BCUT2D eigenvalue weighted by molar-refractivity contribution is -0.232. The zero-order valence-corrected chi connectivity index (χ0v) is 12.2. The Kier molecular flexibility index (Phi) is 4.65. The van der Waals surface area contributed by atoms with Crippen LogP contribution in [0.25, 0.3) is 0 Å². The van der Waals surface area contributed by atoms with Crippen LogP contribution in [0.15, 0.2) is 54.6 Å². The first-order valence-electron chi connectivity index (χ1n) is 7.27. The Balaban J connectivity index is 1.49. The van der Waals surface area contributed by atoms with Gasteiger partial charge in [-0.1, -0.05) is 54.6 Å². The molecule has 0 atom stereocenters. The van der Waals surface area contributed by atoms with Crippen molar-refractivity contribution < 1.29 is 14.2 Å². The topological polar surface area (TPSA) is 27.7 Å². The summed E-state index contributed by atoms with van der Waals surface area (Å²) in [4.78, 5) is 0. The van der Waals surface area contributed by atoms with E-state index in [1.807, 2.05) is 42.5 Å². The lowest BCUT2D eigenvalue weighted by Gasteiger charge is -2.29. The highest BCUT2D eigenvalue weighted by atomic mass is 16.7. The fraction of sp³-hybridized carbons (Fsp3) is 0.333. The first kappa shape index (κ1) is 14.3. The van der Waals surface area contributed by atoms with Crippen LogP contribution in [-0.2, 0) is 20.8 Å². The molecule has 0 amide bonds. The lowest BCUT2D eigenvalue weighted by Crippen LogP contribution is -2.33. The Bertz CT molecular complexity index is 560. The van der Waals surface area contributed by atoms with Crippen LogP contribution < -0.4 is 0 Å². The van der Waals surface area contributed by atoms with Gasteiger partial charge >= 0.3 is 0 Å². The average Bonchev–Trinajstić information content (AvgIpc) is 2.55. The molecule has 2 aromatic carbocycles. The van der Waals surface area contributed by atoms with Crippen molar-refractivity contribution >= 4 is 0 Å². The van der Waals surface area contributed by atoms with Gasteiger partial charge in [0.15, 0.2) is 6.29 Å². The van der Waals surface area contributed by atoms with Crippen molar-refractivity contribution in [2.75, 3.05) is 13.2 Å². The van der Waals surface area contributed by atoms with Crippen LogP contribution in [-0.4, -0.2) is 19.3 Å². The van der Waals surface area contributed by atoms with Gasteiger partial charge in [0.25, 0.3) is 0 Å². The Hall–Kier alpha value is -1.68. The second-order valence-corrected chi connectivity index (χ2v) is 5.27. The summed E-state index contributed by atoms with van der Waals surface area (Å²) in [6.45, 7) is 3.81. The summed E-state index contributed by atoms with van der Waals surface area (Å²) in [5.74, 6) is 0. The molecule has 3 rings (SSSR count). The van der Waals surface area contributed by atoms with Gasteiger partial charge in [-0.05, 0) is 18.1 Å². The van der Waals surface area contributed by atoms with Crippen LogP contribution in [0, 0.1) is 6.92 Å². The predicted octanol–water partition coefficient (Wildman–Crippen LogP) is 3.63. The van der Waals surface area contributed by atoms with Crippen molar-refractivity contribution in [3.05, 3.63) is 71.3 Å². The highest BCUT2D eigenvalue weighted by Gasteiger charge is 2.23. The lowest BCUT2D eigenvalue weighted by atomic mass is 10.1. The van der Waals surface area contributed by atoms with Crippen LogP contribution in [0.4, 0.5) is 0 Å². The molecular weight excluding hydrogens is 264 g/mol. The molecule has 2 aromatic rings. The van der Waals surface area contributed by atoms with Gasteiger partial charge in [-0.15, -0.1) is 0 Å². The van der Waals surface area contributed by atoms with E-state index in [1.54, 1.807) is 0 Å². The normalized spacial score (nSPS) is 22.1. The van der Waals surface area contributed by atoms with E-state index in [2.05, 4.69) is 19.1 Å². The third-order valence-corrected chi connectivity index (χ3v) is 3.67. The Labute approximate surface area is 125 Å². The molecule has 0 aromatic heterocycles. The standard InChI is InChI=1S/C18H20O3/c1-14-7-5-6-10-16(14)11-19-17-12-20-18(21-13-17)15-8-3-2-4-9-15/h2-10,17-18H,11-13H2,1H3. The summed E-state index contributed by atoms with van der Waals surface area (Å²) in [5, 5.41) is 0. The largest absolute Gasteiger partial charge is 0.369 e. The summed E-state index contributed by atoms with van der Waals surface area (Å²) in [5.41, 5.74) is 3.51. The summed E-state index contributed by atoms with van der Waals surface area (Å²) in [6.07, 6.45) is -0.283. The first-order valence-corrected chi connectivity index (χ1v) is 7.27. The van der Waals surface area contributed by atoms with Gasteiger partial charge in [0.2, 0.25) is 0 Å². The summed E-state index contributed by atoms with van der Waals surface area (Å²) in [6, 6.07) is 18.2. The smallest absolute Gasteiger partial charge is 0.184 e. The van der Waals surface area contributed by atoms with Crippen LogP contribution in [0.3, 0.4) is 0 Å². The van der Waals surface area contributed by atoms with E-state index in [-0.39, 0.29) is 12.4 Å². The van der Waals surface area contributed by atoms with Crippen LogP contribution in [0.2, 0.25) is 0 Å². The van der Waals surface area contributed by atoms with Crippen molar-refractivity contribution in [3.63, 3.8) is 0 Å². The van der Waals surface area contributed by atoms with Gasteiger partial charge in [0, 0.05) is 5.56 Å². The van der Waals surface area contributed by atoms with Gasteiger partial charge in [-0.25, -0.2) is 0 Å². The molecule has 0 saturated carbocycles. The minimum absolute atomic E-state index is 0.00966. The van der Waals surface area contributed by atoms with Crippen molar-refractivity contribution in [1.29, 1.82) is 0 Å². The highest BCUT2D eigenvalue weighted by Crippen LogP contribution is 2.24. The summed E-state index contributed by atoms with van der Waals surface area (Å²) >= 11 is 0. The summed E-state index contributed by atoms with van der Waals surface area (Å²) in [7, 11) is 0. The zero-order chi connectivity index (χ0) is 14.5. The maximum Gasteiger partial charge on any atom is 0.184 e. The minimum atomic E-state index is -0.274. The molecule has 0 bridgehead atoms. The third-order valence-electron chi connectivity index (χ3n) is 3.67. The SMILES string of the molecule is Cc1ccccc1COC1COC(c2ccccc2)OC1. The first-order chi connectivity index (χ1) is 10.3. The fourth-order valence-corrected chi connectivity index (χ4v) is 2.36. The van der Waals surface area contributed by atoms with Crippen LogP contribution >= 0.6 is 0 Å². The predicted molar refractivity (Wildman–Crippen MR) is 80.8 cm³/mol. The molecule has 1 aliphatic rings. The average molecular weight is 284 g/mol. The van der Waals surface area contributed by atoms with Crippen LogP contribution in [0.5, 0.6) is 0 Å².